The third-order valence-corrected chi connectivity index (χ3v) is 3.10. The summed E-state index contributed by atoms with van der Waals surface area (Å²) in [4.78, 5) is 3.96. The van der Waals surface area contributed by atoms with E-state index in [1.54, 1.807) is 24.4 Å². The minimum Gasteiger partial charge on any atom is -0.313 e. The molecule has 96 valence electrons. The second-order valence-electron chi connectivity index (χ2n) is 4.32. The number of aromatic nitrogens is 1. The maximum atomic E-state index is 13.9. The fraction of sp³-hybridized carbons (Fsp3) is 0.200. The highest BCUT2D eigenvalue weighted by Crippen LogP contribution is 2.26. The van der Waals surface area contributed by atoms with E-state index in [1.807, 2.05) is 20.0 Å². The zero-order valence-corrected chi connectivity index (χ0v) is 10.8. The van der Waals surface area contributed by atoms with Crippen LogP contribution in [0.4, 0.5) is 4.39 Å². The fourth-order valence-electron chi connectivity index (χ4n) is 1.85. The summed E-state index contributed by atoms with van der Waals surface area (Å²) in [5.41, 5.74) is 2.48. The Morgan fingerprint density at radius 2 is 2.11 bits per heavy atom. The number of nitrogens with zero attached hydrogens (tertiary/aromatic N) is 2. The van der Waals surface area contributed by atoms with Crippen LogP contribution in [0.3, 0.4) is 0 Å². The van der Waals surface area contributed by atoms with Gasteiger partial charge in [0.2, 0.25) is 0 Å². The van der Waals surface area contributed by atoms with Gasteiger partial charge in [-0.3, -0.25) is 4.98 Å². The Balaban J connectivity index is 2.51. The molecule has 1 unspecified atom stereocenters. The Morgan fingerprint density at radius 3 is 2.79 bits per heavy atom. The van der Waals surface area contributed by atoms with Gasteiger partial charge in [0.1, 0.15) is 11.9 Å². The Morgan fingerprint density at radius 1 is 1.32 bits per heavy atom. The zero-order valence-electron chi connectivity index (χ0n) is 10.8. The van der Waals surface area contributed by atoms with E-state index in [2.05, 4.69) is 10.3 Å². The van der Waals surface area contributed by atoms with Crippen molar-refractivity contribution in [3.8, 4) is 17.2 Å². The highest BCUT2D eigenvalue weighted by molar-refractivity contribution is 5.65. The average Bonchev–Trinajstić information content (AvgIpc) is 2.47. The fourth-order valence-corrected chi connectivity index (χ4v) is 1.85. The number of hydrogen-bond acceptors (Lipinski definition) is 3. The van der Waals surface area contributed by atoms with E-state index < -0.39 is 0 Å². The third kappa shape index (κ3) is 2.78. The van der Waals surface area contributed by atoms with Crippen LogP contribution in [-0.4, -0.2) is 12.0 Å². The van der Waals surface area contributed by atoms with E-state index in [1.165, 1.54) is 12.3 Å². The number of nitriles is 1. The molecule has 2 aromatic rings. The minimum absolute atomic E-state index is 0.131. The van der Waals surface area contributed by atoms with Gasteiger partial charge < -0.3 is 5.32 Å². The van der Waals surface area contributed by atoms with Crippen molar-refractivity contribution in [1.82, 2.24) is 10.3 Å². The minimum atomic E-state index is -0.316. The summed E-state index contributed by atoms with van der Waals surface area (Å²) >= 11 is 0. The summed E-state index contributed by atoms with van der Waals surface area (Å²) in [6.07, 6.45) is 3.02. The van der Waals surface area contributed by atoms with Gasteiger partial charge in [-0.1, -0.05) is 6.07 Å². The molecule has 0 bridgehead atoms. The third-order valence-electron chi connectivity index (χ3n) is 3.10. The van der Waals surface area contributed by atoms with E-state index in [0.29, 0.717) is 16.7 Å². The van der Waals surface area contributed by atoms with Crippen molar-refractivity contribution in [1.29, 1.82) is 5.26 Å². The summed E-state index contributed by atoms with van der Waals surface area (Å²) in [6.45, 7) is 2.00. The molecule has 0 aliphatic carbocycles. The maximum absolute atomic E-state index is 13.9. The Hall–Kier alpha value is -2.25. The molecule has 0 radical (unpaired) electrons. The monoisotopic (exact) mass is 255 g/mol. The smallest absolute Gasteiger partial charge is 0.131 e. The normalized spacial score (nSPS) is 11.9. The molecule has 0 spiro atoms. The number of hydrogen-bond donors (Lipinski definition) is 1. The van der Waals surface area contributed by atoms with Gasteiger partial charge in [-0.2, -0.15) is 5.26 Å². The molecule has 1 N–H and O–H groups in total. The van der Waals surface area contributed by atoms with Gasteiger partial charge in [-0.15, -0.1) is 0 Å². The first kappa shape index (κ1) is 13.2. The summed E-state index contributed by atoms with van der Waals surface area (Å²) in [6, 6.07) is 8.76. The van der Waals surface area contributed by atoms with E-state index in [0.717, 1.165) is 5.56 Å². The van der Waals surface area contributed by atoms with Gasteiger partial charge >= 0.3 is 0 Å². The van der Waals surface area contributed by atoms with Crippen molar-refractivity contribution >= 4 is 0 Å². The SMILES string of the molecule is CNC(C)c1ccc(F)c(-c2cncc(C#N)c2)c1. The highest BCUT2D eigenvalue weighted by atomic mass is 19.1. The number of nitrogens with one attached hydrogen (secondary N) is 1. The highest BCUT2D eigenvalue weighted by Gasteiger charge is 2.10. The van der Waals surface area contributed by atoms with Crippen LogP contribution in [0.15, 0.2) is 36.7 Å². The van der Waals surface area contributed by atoms with Crippen molar-refractivity contribution in [2.75, 3.05) is 7.05 Å². The zero-order chi connectivity index (χ0) is 13.8. The summed E-state index contributed by atoms with van der Waals surface area (Å²) < 4.78 is 13.9. The van der Waals surface area contributed by atoms with Gasteiger partial charge in [-0.25, -0.2) is 4.39 Å². The average molecular weight is 255 g/mol. The molecule has 1 atom stereocenters. The molecular weight excluding hydrogens is 241 g/mol. The first-order valence-electron chi connectivity index (χ1n) is 5.98. The van der Waals surface area contributed by atoms with E-state index in [-0.39, 0.29) is 11.9 Å². The predicted molar refractivity (Wildman–Crippen MR) is 71.8 cm³/mol. The van der Waals surface area contributed by atoms with Crippen molar-refractivity contribution in [2.45, 2.75) is 13.0 Å². The first-order chi connectivity index (χ1) is 9.15. The topological polar surface area (TPSA) is 48.7 Å². The number of benzene rings is 1. The van der Waals surface area contributed by atoms with E-state index in [9.17, 15) is 4.39 Å². The molecule has 1 aromatic heterocycles. The van der Waals surface area contributed by atoms with Gasteiger partial charge in [0.15, 0.2) is 0 Å². The van der Waals surface area contributed by atoms with Crippen molar-refractivity contribution < 1.29 is 4.39 Å². The predicted octanol–water partition coefficient (Wildman–Crippen LogP) is 3.04. The molecule has 3 nitrogen and oxygen atoms in total. The van der Waals surface area contributed by atoms with Crippen LogP contribution in [-0.2, 0) is 0 Å². The lowest BCUT2D eigenvalue weighted by Crippen LogP contribution is -2.12. The van der Waals surface area contributed by atoms with Crippen LogP contribution in [0.2, 0.25) is 0 Å². The molecule has 0 aliphatic heterocycles. The van der Waals surface area contributed by atoms with Gasteiger partial charge in [0, 0.05) is 29.6 Å². The summed E-state index contributed by atoms with van der Waals surface area (Å²) in [5, 5.41) is 12.0. The van der Waals surface area contributed by atoms with E-state index in [4.69, 9.17) is 5.26 Å². The summed E-state index contributed by atoms with van der Waals surface area (Å²) in [7, 11) is 1.85. The van der Waals surface area contributed by atoms with Crippen LogP contribution in [0.5, 0.6) is 0 Å². The van der Waals surface area contributed by atoms with Crippen LogP contribution < -0.4 is 5.32 Å². The number of rotatable bonds is 3. The molecule has 1 heterocycles. The van der Waals surface area contributed by atoms with Gasteiger partial charge in [0.25, 0.3) is 0 Å². The Bertz CT molecular complexity index is 632. The second kappa shape index (κ2) is 5.59. The lowest BCUT2D eigenvalue weighted by atomic mass is 10.00. The molecule has 0 saturated carbocycles. The first-order valence-corrected chi connectivity index (χ1v) is 5.98. The number of halogens is 1. The molecule has 19 heavy (non-hydrogen) atoms. The van der Waals surface area contributed by atoms with Gasteiger partial charge in [0.05, 0.1) is 5.56 Å². The van der Waals surface area contributed by atoms with Crippen molar-refractivity contribution in [3.05, 3.63) is 53.6 Å². The standard InChI is InChI=1S/C15H14FN3/c1-10(18-2)12-3-4-15(16)14(6-12)13-5-11(7-17)8-19-9-13/h3-6,8-10,18H,1-2H3. The largest absolute Gasteiger partial charge is 0.313 e. The lowest BCUT2D eigenvalue weighted by Gasteiger charge is -2.13. The van der Waals surface area contributed by atoms with Crippen LogP contribution in [0.25, 0.3) is 11.1 Å². The molecule has 0 saturated heterocycles. The van der Waals surface area contributed by atoms with Crippen LogP contribution >= 0.6 is 0 Å². The molecule has 0 fully saturated rings. The second-order valence-corrected chi connectivity index (χ2v) is 4.32. The van der Waals surface area contributed by atoms with Crippen LogP contribution in [0, 0.1) is 17.1 Å². The molecule has 0 amide bonds. The quantitative estimate of drug-likeness (QED) is 0.917. The molecule has 1 aromatic carbocycles. The van der Waals surface area contributed by atoms with Crippen LogP contribution in [0.1, 0.15) is 24.1 Å². The van der Waals surface area contributed by atoms with Crippen molar-refractivity contribution in [3.63, 3.8) is 0 Å². The molecule has 0 aliphatic rings. The van der Waals surface area contributed by atoms with Crippen molar-refractivity contribution in [2.24, 2.45) is 0 Å². The van der Waals surface area contributed by atoms with E-state index >= 15 is 0 Å². The Labute approximate surface area is 111 Å². The number of pyridine rings is 1. The lowest BCUT2D eigenvalue weighted by molar-refractivity contribution is 0.622. The molecule has 4 heteroatoms. The maximum Gasteiger partial charge on any atom is 0.131 e. The Kier molecular flexibility index (Phi) is 3.88. The summed E-state index contributed by atoms with van der Waals surface area (Å²) in [5.74, 6) is -0.316. The molecule has 2 rings (SSSR count). The molecular formula is C15H14FN3. The van der Waals surface area contributed by atoms with Gasteiger partial charge in [-0.05, 0) is 37.7 Å².